The molecular weight excluding hydrogens is 452 g/mol. The molecule has 3 aromatic rings. The van der Waals surface area contributed by atoms with Crippen molar-refractivity contribution in [3.63, 3.8) is 0 Å². The highest BCUT2D eigenvalue weighted by molar-refractivity contribution is 5.74. The number of hydrogen-bond donors (Lipinski definition) is 0. The van der Waals surface area contributed by atoms with Gasteiger partial charge in [0.25, 0.3) is 0 Å². The van der Waals surface area contributed by atoms with Crippen molar-refractivity contribution in [2.75, 3.05) is 7.11 Å². The van der Waals surface area contributed by atoms with E-state index in [4.69, 9.17) is 4.74 Å². The summed E-state index contributed by atoms with van der Waals surface area (Å²) >= 11 is 0. The Balaban J connectivity index is 1.69. The monoisotopic (exact) mass is 496 g/mol. The van der Waals surface area contributed by atoms with Gasteiger partial charge in [-0.05, 0) is 89.5 Å². The van der Waals surface area contributed by atoms with Crippen LogP contribution in [-0.4, -0.2) is 13.1 Å². The third-order valence-corrected chi connectivity index (χ3v) is 9.19. The number of hydrogen-bond acceptors (Lipinski definition) is 2. The third kappa shape index (κ3) is 5.40. The van der Waals surface area contributed by atoms with Crippen LogP contribution >= 0.6 is 0 Å². The second kappa shape index (κ2) is 11.3. The van der Waals surface area contributed by atoms with E-state index in [1.165, 1.54) is 67.0 Å². The lowest BCUT2D eigenvalue weighted by molar-refractivity contribution is -0.139. The Labute approximate surface area is 224 Å². The van der Waals surface area contributed by atoms with E-state index in [0.29, 0.717) is 11.8 Å². The zero-order valence-corrected chi connectivity index (χ0v) is 23.7. The molecule has 0 aromatic heterocycles. The molecule has 37 heavy (non-hydrogen) atoms. The van der Waals surface area contributed by atoms with Crippen LogP contribution in [0.1, 0.15) is 99.1 Å². The fraction of sp³-hybridized carbons (Fsp3) is 0.457. The van der Waals surface area contributed by atoms with Crippen LogP contribution in [0.5, 0.6) is 0 Å². The Hall–Kier alpha value is -2.87. The molecule has 0 aliphatic heterocycles. The van der Waals surface area contributed by atoms with Crippen LogP contribution in [-0.2, 0) is 26.8 Å². The van der Waals surface area contributed by atoms with Crippen LogP contribution in [0.4, 0.5) is 0 Å². The van der Waals surface area contributed by atoms with Gasteiger partial charge in [-0.2, -0.15) is 0 Å². The normalized spacial score (nSPS) is 15.4. The van der Waals surface area contributed by atoms with E-state index < -0.39 is 0 Å². The molecule has 2 nitrogen and oxygen atoms in total. The molecule has 1 aliphatic rings. The van der Waals surface area contributed by atoms with E-state index >= 15 is 0 Å². The molecule has 0 N–H and O–H groups in total. The van der Waals surface area contributed by atoms with Crippen molar-refractivity contribution in [1.82, 2.24) is 0 Å². The average Bonchev–Trinajstić information content (AvgIpc) is 2.90. The van der Waals surface area contributed by atoms with Gasteiger partial charge in [0.15, 0.2) is 0 Å². The van der Waals surface area contributed by atoms with Crippen LogP contribution in [0.3, 0.4) is 0 Å². The standard InChI is InChI=1S/C35H44O2/c1-7-35(8-2,30-16-18-32(26(4)22-30)34(5)19-10-9-11-20-34)29-15-17-31(25(3)21-29)28-14-12-13-27(23-28)24-33(36)37-6/h12-18,21-23H,7-11,19-20,24H2,1-6H3. The van der Waals surface area contributed by atoms with Crippen LogP contribution in [0.2, 0.25) is 0 Å². The first-order valence-corrected chi connectivity index (χ1v) is 14.1. The van der Waals surface area contributed by atoms with E-state index in [2.05, 4.69) is 83.1 Å². The zero-order valence-electron chi connectivity index (χ0n) is 23.7. The highest BCUT2D eigenvalue weighted by Crippen LogP contribution is 2.44. The van der Waals surface area contributed by atoms with E-state index in [0.717, 1.165) is 24.0 Å². The average molecular weight is 497 g/mol. The minimum Gasteiger partial charge on any atom is -0.469 e. The van der Waals surface area contributed by atoms with Crippen molar-refractivity contribution in [3.05, 3.63) is 94.0 Å². The molecule has 0 heterocycles. The number of carbonyl (C=O) groups excluding carboxylic acids is 1. The molecule has 0 unspecified atom stereocenters. The summed E-state index contributed by atoms with van der Waals surface area (Å²) in [7, 11) is 1.44. The summed E-state index contributed by atoms with van der Waals surface area (Å²) < 4.78 is 4.86. The van der Waals surface area contributed by atoms with Crippen molar-refractivity contribution in [2.24, 2.45) is 0 Å². The van der Waals surface area contributed by atoms with Gasteiger partial charge in [0.2, 0.25) is 0 Å². The Morgan fingerprint density at radius 2 is 1.51 bits per heavy atom. The molecule has 1 aliphatic carbocycles. The molecule has 0 saturated heterocycles. The molecule has 4 rings (SSSR count). The van der Waals surface area contributed by atoms with E-state index in [-0.39, 0.29) is 11.4 Å². The smallest absolute Gasteiger partial charge is 0.309 e. The molecule has 0 radical (unpaired) electrons. The topological polar surface area (TPSA) is 26.3 Å². The van der Waals surface area contributed by atoms with Crippen LogP contribution in [0.15, 0.2) is 60.7 Å². The Kier molecular flexibility index (Phi) is 8.26. The number of esters is 1. The lowest BCUT2D eigenvalue weighted by Gasteiger charge is -2.38. The number of ether oxygens (including phenoxy) is 1. The molecular formula is C35H44O2. The highest BCUT2D eigenvalue weighted by Gasteiger charge is 2.34. The van der Waals surface area contributed by atoms with Crippen LogP contribution in [0, 0.1) is 13.8 Å². The lowest BCUT2D eigenvalue weighted by atomic mass is 9.66. The predicted molar refractivity (Wildman–Crippen MR) is 155 cm³/mol. The minimum atomic E-state index is -0.210. The molecule has 2 heteroatoms. The molecule has 196 valence electrons. The van der Waals surface area contributed by atoms with Gasteiger partial charge in [-0.3, -0.25) is 4.79 Å². The van der Waals surface area contributed by atoms with E-state index in [1.807, 2.05) is 12.1 Å². The summed E-state index contributed by atoms with van der Waals surface area (Å²) in [5, 5.41) is 0. The molecule has 1 fully saturated rings. The fourth-order valence-electron chi connectivity index (χ4n) is 6.85. The summed E-state index contributed by atoms with van der Waals surface area (Å²) in [4.78, 5) is 11.8. The molecule has 3 aromatic carbocycles. The van der Waals surface area contributed by atoms with Gasteiger partial charge in [0, 0.05) is 5.41 Å². The van der Waals surface area contributed by atoms with Crippen molar-refractivity contribution < 1.29 is 9.53 Å². The second-order valence-electron chi connectivity index (χ2n) is 11.4. The van der Waals surface area contributed by atoms with Crippen molar-refractivity contribution >= 4 is 5.97 Å². The zero-order chi connectivity index (χ0) is 26.6. The van der Waals surface area contributed by atoms with Gasteiger partial charge >= 0.3 is 5.97 Å². The quantitative estimate of drug-likeness (QED) is 0.291. The third-order valence-electron chi connectivity index (χ3n) is 9.19. The first kappa shape index (κ1) is 27.2. The van der Waals surface area contributed by atoms with Gasteiger partial charge < -0.3 is 4.74 Å². The Bertz CT molecular complexity index is 1240. The number of rotatable bonds is 8. The second-order valence-corrected chi connectivity index (χ2v) is 11.4. The number of carbonyl (C=O) groups is 1. The van der Waals surface area contributed by atoms with Crippen LogP contribution < -0.4 is 0 Å². The van der Waals surface area contributed by atoms with Crippen LogP contribution in [0.25, 0.3) is 11.1 Å². The maximum absolute atomic E-state index is 11.8. The SMILES string of the molecule is CCC(CC)(c1ccc(-c2cccc(CC(=O)OC)c2)c(C)c1)c1ccc(C2(C)CCCCC2)c(C)c1. The maximum atomic E-state index is 11.8. The van der Waals surface area contributed by atoms with Gasteiger partial charge in [-0.25, -0.2) is 0 Å². The Morgan fingerprint density at radius 1 is 0.865 bits per heavy atom. The molecule has 0 amide bonds. The van der Waals surface area contributed by atoms with Gasteiger partial charge in [0.1, 0.15) is 0 Å². The van der Waals surface area contributed by atoms with Gasteiger partial charge in [-0.15, -0.1) is 0 Å². The van der Waals surface area contributed by atoms with Crippen molar-refractivity contribution in [2.45, 2.75) is 96.8 Å². The number of benzene rings is 3. The molecule has 1 saturated carbocycles. The fourth-order valence-corrected chi connectivity index (χ4v) is 6.85. The summed E-state index contributed by atoms with van der Waals surface area (Å²) in [6.45, 7) is 11.7. The molecule has 0 spiro atoms. The number of methoxy groups -OCH3 is 1. The first-order chi connectivity index (χ1) is 17.8. The van der Waals surface area contributed by atoms with Gasteiger partial charge in [0.05, 0.1) is 13.5 Å². The van der Waals surface area contributed by atoms with Gasteiger partial charge in [-0.1, -0.05) is 101 Å². The van der Waals surface area contributed by atoms with Crippen molar-refractivity contribution in [1.29, 1.82) is 0 Å². The summed E-state index contributed by atoms with van der Waals surface area (Å²) in [5.41, 5.74) is 10.7. The predicted octanol–water partition coefficient (Wildman–Crippen LogP) is 9.01. The molecule has 0 atom stereocenters. The maximum Gasteiger partial charge on any atom is 0.309 e. The summed E-state index contributed by atoms with van der Waals surface area (Å²) in [5.74, 6) is -0.210. The Morgan fingerprint density at radius 3 is 2.11 bits per heavy atom. The van der Waals surface area contributed by atoms with Crippen molar-refractivity contribution in [3.8, 4) is 11.1 Å². The first-order valence-electron chi connectivity index (χ1n) is 14.1. The minimum absolute atomic E-state index is 0.00716. The lowest BCUT2D eigenvalue weighted by Crippen LogP contribution is -2.29. The van der Waals surface area contributed by atoms with E-state index in [1.54, 1.807) is 5.56 Å². The highest BCUT2D eigenvalue weighted by atomic mass is 16.5. The molecule has 0 bridgehead atoms. The number of aryl methyl sites for hydroxylation is 2. The van der Waals surface area contributed by atoms with E-state index in [9.17, 15) is 4.79 Å². The summed E-state index contributed by atoms with van der Waals surface area (Å²) in [6.07, 6.45) is 9.12. The largest absolute Gasteiger partial charge is 0.469 e. The summed E-state index contributed by atoms with van der Waals surface area (Å²) in [6, 6.07) is 22.6.